The van der Waals surface area contributed by atoms with Crippen LogP contribution in [0.5, 0.6) is 0 Å². The molecule has 5 rings (SSSR count). The molecule has 1 atom stereocenters. The zero-order valence-corrected chi connectivity index (χ0v) is 12.6. The van der Waals surface area contributed by atoms with Crippen molar-refractivity contribution in [2.75, 3.05) is 19.6 Å². The van der Waals surface area contributed by atoms with Gasteiger partial charge in [-0.25, -0.2) is 4.98 Å². The fourth-order valence-corrected chi connectivity index (χ4v) is 4.09. The maximum atomic E-state index is 9.15. The van der Waals surface area contributed by atoms with Gasteiger partial charge in [0.25, 0.3) is 0 Å². The third-order valence-corrected chi connectivity index (χ3v) is 5.20. The maximum Gasteiger partial charge on any atom is 0.125 e. The lowest BCUT2D eigenvalue weighted by Gasteiger charge is -2.45. The number of piperidine rings is 3. The molecule has 3 aliphatic heterocycles. The summed E-state index contributed by atoms with van der Waals surface area (Å²) in [5.41, 5.74) is 2.69. The lowest BCUT2D eigenvalue weighted by Crippen LogP contribution is -2.48. The summed E-state index contributed by atoms with van der Waals surface area (Å²) < 4.78 is 2.30. The van der Waals surface area contributed by atoms with E-state index in [0.717, 1.165) is 23.4 Å². The largest absolute Gasteiger partial charge is 0.322 e. The van der Waals surface area contributed by atoms with Crippen molar-refractivity contribution in [2.45, 2.75) is 24.8 Å². The molecule has 0 aliphatic carbocycles. The first-order chi connectivity index (χ1) is 10.3. The van der Waals surface area contributed by atoms with Gasteiger partial charge in [-0.3, -0.25) is 0 Å². The predicted molar refractivity (Wildman–Crippen MR) is 82.2 cm³/mol. The van der Waals surface area contributed by atoms with Crippen molar-refractivity contribution in [3.8, 4) is 6.07 Å². The molecule has 2 aromatic rings. The van der Waals surface area contributed by atoms with Crippen LogP contribution in [-0.2, 0) is 5.88 Å². The molecule has 21 heavy (non-hydrogen) atoms. The quantitative estimate of drug-likeness (QED) is 0.801. The van der Waals surface area contributed by atoms with E-state index >= 15 is 0 Å². The van der Waals surface area contributed by atoms with E-state index in [2.05, 4.69) is 20.5 Å². The summed E-state index contributed by atoms with van der Waals surface area (Å²) in [5.74, 6) is 2.06. The molecule has 0 spiro atoms. The molecular formula is C16H17ClN4. The minimum Gasteiger partial charge on any atom is -0.322 e. The molecule has 5 heteroatoms. The van der Waals surface area contributed by atoms with Gasteiger partial charge in [-0.15, -0.1) is 11.6 Å². The van der Waals surface area contributed by atoms with Crippen LogP contribution in [0.25, 0.3) is 11.0 Å². The number of rotatable bonds is 2. The van der Waals surface area contributed by atoms with E-state index in [9.17, 15) is 0 Å². The minimum atomic E-state index is 0.416. The summed E-state index contributed by atoms with van der Waals surface area (Å²) in [6.45, 7) is 3.51. The smallest absolute Gasteiger partial charge is 0.125 e. The summed E-state index contributed by atoms with van der Waals surface area (Å²) in [6, 6.07) is 8.38. The fourth-order valence-electron chi connectivity index (χ4n) is 3.90. The second-order valence-electron chi connectivity index (χ2n) is 6.05. The normalized spacial score (nSPS) is 27.9. The van der Waals surface area contributed by atoms with Crippen LogP contribution in [-0.4, -0.2) is 34.1 Å². The first-order valence-electron chi connectivity index (χ1n) is 7.49. The van der Waals surface area contributed by atoms with Crippen LogP contribution in [0.2, 0.25) is 0 Å². The fraction of sp³-hybridized carbons (Fsp3) is 0.500. The average Bonchev–Trinajstić information content (AvgIpc) is 2.93. The second kappa shape index (κ2) is 5.01. The Morgan fingerprint density at radius 3 is 2.76 bits per heavy atom. The van der Waals surface area contributed by atoms with Gasteiger partial charge in [0.05, 0.1) is 34.6 Å². The molecule has 1 aromatic heterocycles. The molecule has 0 N–H and O–H groups in total. The Morgan fingerprint density at radius 1 is 1.33 bits per heavy atom. The van der Waals surface area contributed by atoms with Crippen molar-refractivity contribution < 1.29 is 0 Å². The molecule has 3 saturated heterocycles. The monoisotopic (exact) mass is 300 g/mol. The number of imidazole rings is 1. The minimum absolute atomic E-state index is 0.416. The highest BCUT2D eigenvalue weighted by Gasteiger charge is 2.36. The van der Waals surface area contributed by atoms with Gasteiger partial charge in [0, 0.05) is 6.54 Å². The van der Waals surface area contributed by atoms with Gasteiger partial charge < -0.3 is 9.47 Å². The van der Waals surface area contributed by atoms with Crippen LogP contribution >= 0.6 is 11.6 Å². The van der Waals surface area contributed by atoms with E-state index in [-0.39, 0.29) is 0 Å². The number of halogens is 1. The van der Waals surface area contributed by atoms with Gasteiger partial charge in [0.15, 0.2) is 0 Å². The van der Waals surface area contributed by atoms with Crippen LogP contribution in [0.15, 0.2) is 18.2 Å². The van der Waals surface area contributed by atoms with Gasteiger partial charge in [0.2, 0.25) is 0 Å². The van der Waals surface area contributed by atoms with E-state index < -0.39 is 0 Å². The highest BCUT2D eigenvalue weighted by Crippen LogP contribution is 2.38. The molecule has 4 heterocycles. The molecule has 0 radical (unpaired) electrons. The molecule has 3 fully saturated rings. The van der Waals surface area contributed by atoms with E-state index in [0.29, 0.717) is 23.4 Å². The van der Waals surface area contributed by atoms with Crippen molar-refractivity contribution in [1.29, 1.82) is 5.26 Å². The SMILES string of the molecule is N#Cc1ccc2nc(CCl)n(C3CN4CCC3CC4)c2c1. The van der Waals surface area contributed by atoms with Crippen LogP contribution < -0.4 is 0 Å². The number of benzene rings is 1. The molecule has 0 saturated carbocycles. The topological polar surface area (TPSA) is 44.9 Å². The van der Waals surface area contributed by atoms with Gasteiger partial charge in [0.1, 0.15) is 5.82 Å². The summed E-state index contributed by atoms with van der Waals surface area (Å²) in [5, 5.41) is 9.15. The summed E-state index contributed by atoms with van der Waals surface area (Å²) in [7, 11) is 0. The summed E-state index contributed by atoms with van der Waals surface area (Å²) in [4.78, 5) is 7.20. The Hall–Kier alpha value is -1.57. The zero-order chi connectivity index (χ0) is 14.4. The summed E-state index contributed by atoms with van der Waals surface area (Å²) in [6.07, 6.45) is 2.51. The number of fused-ring (bicyclic) bond motifs is 4. The number of alkyl halides is 1. The zero-order valence-electron chi connectivity index (χ0n) is 11.8. The number of nitriles is 1. The number of aromatic nitrogens is 2. The van der Waals surface area contributed by atoms with Crippen LogP contribution in [0.1, 0.15) is 30.3 Å². The van der Waals surface area contributed by atoms with Crippen molar-refractivity contribution in [3.05, 3.63) is 29.6 Å². The van der Waals surface area contributed by atoms with Gasteiger partial charge in [-0.1, -0.05) is 0 Å². The Bertz CT molecular complexity index is 722. The van der Waals surface area contributed by atoms with E-state index in [1.54, 1.807) is 0 Å². The number of nitrogens with zero attached hydrogens (tertiary/aromatic N) is 4. The second-order valence-corrected chi connectivity index (χ2v) is 6.32. The molecule has 3 aliphatic rings. The van der Waals surface area contributed by atoms with Crippen LogP contribution in [0.3, 0.4) is 0 Å². The molecule has 2 bridgehead atoms. The lowest BCUT2D eigenvalue weighted by molar-refractivity contribution is 0.0578. The lowest BCUT2D eigenvalue weighted by atomic mass is 9.83. The molecule has 0 amide bonds. The van der Waals surface area contributed by atoms with Crippen molar-refractivity contribution in [2.24, 2.45) is 5.92 Å². The van der Waals surface area contributed by atoms with Crippen molar-refractivity contribution in [3.63, 3.8) is 0 Å². The van der Waals surface area contributed by atoms with E-state index in [1.807, 2.05) is 18.2 Å². The predicted octanol–water partition coefficient (Wildman–Crippen LogP) is 2.91. The highest BCUT2D eigenvalue weighted by molar-refractivity contribution is 6.16. The van der Waals surface area contributed by atoms with Crippen LogP contribution in [0, 0.1) is 17.2 Å². The Balaban J connectivity index is 1.88. The Morgan fingerprint density at radius 2 is 2.14 bits per heavy atom. The van der Waals surface area contributed by atoms with Crippen molar-refractivity contribution in [1.82, 2.24) is 14.5 Å². The third-order valence-electron chi connectivity index (χ3n) is 4.96. The maximum absolute atomic E-state index is 9.15. The first-order valence-corrected chi connectivity index (χ1v) is 8.03. The van der Waals surface area contributed by atoms with Gasteiger partial charge >= 0.3 is 0 Å². The molecule has 1 unspecified atom stereocenters. The number of hydrogen-bond donors (Lipinski definition) is 0. The molecular weight excluding hydrogens is 284 g/mol. The molecule has 1 aromatic carbocycles. The number of hydrogen-bond acceptors (Lipinski definition) is 3. The van der Waals surface area contributed by atoms with E-state index in [1.165, 1.54) is 25.9 Å². The third kappa shape index (κ3) is 2.04. The Labute approximate surface area is 128 Å². The van der Waals surface area contributed by atoms with E-state index in [4.69, 9.17) is 16.9 Å². The molecule has 4 nitrogen and oxygen atoms in total. The Kier molecular flexibility index (Phi) is 3.13. The first kappa shape index (κ1) is 13.1. The van der Waals surface area contributed by atoms with Crippen LogP contribution in [0.4, 0.5) is 0 Å². The highest BCUT2D eigenvalue weighted by atomic mass is 35.5. The van der Waals surface area contributed by atoms with Crippen molar-refractivity contribution >= 4 is 22.6 Å². The molecule has 108 valence electrons. The standard InChI is InChI=1S/C16H17ClN4/c17-8-16-19-13-2-1-11(9-18)7-14(13)21(16)15-10-20-5-3-12(15)4-6-20/h1-2,7,12,15H,3-6,8,10H2. The van der Waals surface area contributed by atoms with Gasteiger partial charge in [-0.05, 0) is 50.0 Å². The average molecular weight is 301 g/mol. The van der Waals surface area contributed by atoms with Gasteiger partial charge in [-0.2, -0.15) is 5.26 Å². The summed E-state index contributed by atoms with van der Waals surface area (Å²) >= 11 is 6.14.